The SMILES string of the molecule is CC(C)OCCC(=O)NC1CCNC1.Cl. The standard InChI is InChI=1S/C10H20N2O2.ClH/c1-8(2)14-6-4-10(13)12-9-3-5-11-7-9;/h8-9,11H,3-7H2,1-2H3,(H,12,13);1H. The fraction of sp³-hybridized carbons (Fsp3) is 0.900. The lowest BCUT2D eigenvalue weighted by molar-refractivity contribution is -0.123. The fourth-order valence-corrected chi connectivity index (χ4v) is 1.47. The lowest BCUT2D eigenvalue weighted by Crippen LogP contribution is -2.36. The molecule has 4 nitrogen and oxygen atoms in total. The molecule has 1 heterocycles. The number of rotatable bonds is 5. The van der Waals surface area contributed by atoms with E-state index in [1.165, 1.54) is 0 Å². The Balaban J connectivity index is 0.00000196. The van der Waals surface area contributed by atoms with Gasteiger partial charge in [-0.05, 0) is 26.8 Å². The zero-order valence-electron chi connectivity index (χ0n) is 9.41. The Morgan fingerprint density at radius 2 is 2.33 bits per heavy atom. The van der Waals surface area contributed by atoms with E-state index >= 15 is 0 Å². The van der Waals surface area contributed by atoms with E-state index in [0.717, 1.165) is 19.5 Å². The van der Waals surface area contributed by atoms with Gasteiger partial charge in [-0.25, -0.2) is 0 Å². The van der Waals surface area contributed by atoms with E-state index in [-0.39, 0.29) is 24.4 Å². The highest BCUT2D eigenvalue weighted by Crippen LogP contribution is 1.98. The molecule has 5 heteroatoms. The van der Waals surface area contributed by atoms with Crippen molar-refractivity contribution in [3.8, 4) is 0 Å². The van der Waals surface area contributed by atoms with Gasteiger partial charge < -0.3 is 15.4 Å². The molecule has 0 aliphatic carbocycles. The second-order valence-electron chi connectivity index (χ2n) is 3.93. The van der Waals surface area contributed by atoms with Crippen LogP contribution in [0.2, 0.25) is 0 Å². The lowest BCUT2D eigenvalue weighted by Gasteiger charge is -2.12. The Labute approximate surface area is 97.5 Å². The summed E-state index contributed by atoms with van der Waals surface area (Å²) >= 11 is 0. The minimum absolute atomic E-state index is 0. The van der Waals surface area contributed by atoms with Crippen LogP contribution in [0.3, 0.4) is 0 Å². The molecular formula is C10H21ClN2O2. The van der Waals surface area contributed by atoms with Crippen molar-refractivity contribution < 1.29 is 9.53 Å². The van der Waals surface area contributed by atoms with Crippen molar-refractivity contribution in [3.63, 3.8) is 0 Å². The molecule has 0 aromatic rings. The lowest BCUT2D eigenvalue weighted by atomic mass is 10.2. The van der Waals surface area contributed by atoms with E-state index in [2.05, 4.69) is 10.6 Å². The van der Waals surface area contributed by atoms with Gasteiger partial charge >= 0.3 is 0 Å². The zero-order valence-corrected chi connectivity index (χ0v) is 10.2. The van der Waals surface area contributed by atoms with E-state index < -0.39 is 0 Å². The van der Waals surface area contributed by atoms with Crippen molar-refractivity contribution in [1.82, 2.24) is 10.6 Å². The molecule has 0 saturated carbocycles. The minimum Gasteiger partial charge on any atom is -0.378 e. The van der Waals surface area contributed by atoms with Gasteiger partial charge in [0, 0.05) is 19.0 Å². The van der Waals surface area contributed by atoms with Gasteiger partial charge in [0.25, 0.3) is 0 Å². The van der Waals surface area contributed by atoms with E-state index in [1.54, 1.807) is 0 Å². The number of hydrogen-bond acceptors (Lipinski definition) is 3. The van der Waals surface area contributed by atoms with Crippen molar-refractivity contribution >= 4 is 18.3 Å². The maximum absolute atomic E-state index is 11.4. The van der Waals surface area contributed by atoms with Crippen molar-refractivity contribution in [1.29, 1.82) is 0 Å². The third kappa shape index (κ3) is 6.71. The molecule has 15 heavy (non-hydrogen) atoms. The smallest absolute Gasteiger partial charge is 0.222 e. The van der Waals surface area contributed by atoms with Crippen LogP contribution in [0.25, 0.3) is 0 Å². The van der Waals surface area contributed by atoms with E-state index in [1.807, 2.05) is 13.8 Å². The number of carbonyl (C=O) groups excluding carboxylic acids is 1. The first-order valence-corrected chi connectivity index (χ1v) is 5.30. The van der Waals surface area contributed by atoms with Crippen LogP contribution in [0.4, 0.5) is 0 Å². The number of hydrogen-bond donors (Lipinski definition) is 2. The molecule has 0 radical (unpaired) electrons. The average molecular weight is 237 g/mol. The van der Waals surface area contributed by atoms with Crippen LogP contribution in [-0.2, 0) is 9.53 Å². The summed E-state index contributed by atoms with van der Waals surface area (Å²) in [6, 6.07) is 0.321. The average Bonchev–Trinajstić information content (AvgIpc) is 2.56. The maximum Gasteiger partial charge on any atom is 0.222 e. The van der Waals surface area contributed by atoms with Crippen LogP contribution in [0.5, 0.6) is 0 Å². The van der Waals surface area contributed by atoms with E-state index in [0.29, 0.717) is 19.1 Å². The molecular weight excluding hydrogens is 216 g/mol. The quantitative estimate of drug-likeness (QED) is 0.739. The Kier molecular flexibility index (Phi) is 7.74. The summed E-state index contributed by atoms with van der Waals surface area (Å²) in [6.07, 6.45) is 1.71. The van der Waals surface area contributed by atoms with Crippen LogP contribution < -0.4 is 10.6 Å². The monoisotopic (exact) mass is 236 g/mol. The fourth-order valence-electron chi connectivity index (χ4n) is 1.47. The van der Waals surface area contributed by atoms with Crippen molar-refractivity contribution in [2.45, 2.75) is 38.8 Å². The molecule has 1 amide bonds. The summed E-state index contributed by atoms with van der Waals surface area (Å²) in [5, 5.41) is 6.18. The first kappa shape index (κ1) is 14.7. The zero-order chi connectivity index (χ0) is 10.4. The maximum atomic E-state index is 11.4. The predicted molar refractivity (Wildman–Crippen MR) is 62.4 cm³/mol. The Hall–Kier alpha value is -0.320. The molecule has 0 bridgehead atoms. The molecule has 1 aliphatic heterocycles. The highest BCUT2D eigenvalue weighted by molar-refractivity contribution is 5.85. The number of carbonyl (C=O) groups is 1. The predicted octanol–water partition coefficient (Wildman–Crippen LogP) is 0.701. The molecule has 0 aromatic heterocycles. The summed E-state index contributed by atoms with van der Waals surface area (Å²) in [4.78, 5) is 11.4. The normalized spacial score (nSPS) is 20.1. The number of halogens is 1. The number of amides is 1. The first-order valence-electron chi connectivity index (χ1n) is 5.30. The molecule has 1 unspecified atom stereocenters. The minimum atomic E-state index is 0. The first-order chi connectivity index (χ1) is 6.68. The summed E-state index contributed by atoms with van der Waals surface area (Å²) < 4.78 is 5.30. The van der Waals surface area contributed by atoms with Crippen molar-refractivity contribution in [3.05, 3.63) is 0 Å². The van der Waals surface area contributed by atoms with Crippen molar-refractivity contribution in [2.75, 3.05) is 19.7 Å². The Morgan fingerprint density at radius 3 is 2.87 bits per heavy atom. The van der Waals surface area contributed by atoms with Crippen LogP contribution in [0.15, 0.2) is 0 Å². The number of nitrogens with one attached hydrogen (secondary N) is 2. The van der Waals surface area contributed by atoms with E-state index in [9.17, 15) is 4.79 Å². The van der Waals surface area contributed by atoms with Crippen LogP contribution in [0, 0.1) is 0 Å². The van der Waals surface area contributed by atoms with Gasteiger partial charge in [0.1, 0.15) is 0 Å². The topological polar surface area (TPSA) is 50.4 Å². The second kappa shape index (κ2) is 7.91. The van der Waals surface area contributed by atoms with Gasteiger partial charge in [-0.15, -0.1) is 12.4 Å². The molecule has 1 aliphatic rings. The summed E-state index contributed by atoms with van der Waals surface area (Å²) in [6.45, 7) is 6.37. The Morgan fingerprint density at radius 1 is 1.60 bits per heavy atom. The number of ether oxygens (including phenoxy) is 1. The summed E-state index contributed by atoms with van der Waals surface area (Å²) in [5.74, 6) is 0.0966. The largest absolute Gasteiger partial charge is 0.378 e. The van der Waals surface area contributed by atoms with Crippen molar-refractivity contribution in [2.24, 2.45) is 0 Å². The van der Waals surface area contributed by atoms with Crippen LogP contribution in [0.1, 0.15) is 26.7 Å². The highest BCUT2D eigenvalue weighted by atomic mass is 35.5. The summed E-state index contributed by atoms with van der Waals surface area (Å²) in [7, 11) is 0. The molecule has 1 fully saturated rings. The van der Waals surface area contributed by atoms with Gasteiger partial charge in [0.05, 0.1) is 12.7 Å². The molecule has 1 atom stereocenters. The van der Waals surface area contributed by atoms with Crippen LogP contribution >= 0.6 is 12.4 Å². The summed E-state index contributed by atoms with van der Waals surface area (Å²) in [5.41, 5.74) is 0. The van der Waals surface area contributed by atoms with Gasteiger partial charge in [-0.1, -0.05) is 0 Å². The molecule has 2 N–H and O–H groups in total. The third-order valence-corrected chi connectivity index (χ3v) is 2.21. The van der Waals surface area contributed by atoms with Gasteiger partial charge in [0.15, 0.2) is 0 Å². The van der Waals surface area contributed by atoms with Gasteiger partial charge in [-0.3, -0.25) is 4.79 Å². The molecule has 1 saturated heterocycles. The Bertz CT molecular complexity index is 182. The molecule has 0 spiro atoms. The second-order valence-corrected chi connectivity index (χ2v) is 3.93. The molecule has 90 valence electrons. The molecule has 0 aromatic carbocycles. The van der Waals surface area contributed by atoms with Gasteiger partial charge in [0.2, 0.25) is 5.91 Å². The molecule has 1 rings (SSSR count). The van der Waals surface area contributed by atoms with Crippen LogP contribution in [-0.4, -0.2) is 37.7 Å². The highest BCUT2D eigenvalue weighted by Gasteiger charge is 2.16. The van der Waals surface area contributed by atoms with Gasteiger partial charge in [-0.2, -0.15) is 0 Å². The third-order valence-electron chi connectivity index (χ3n) is 2.21. The van der Waals surface area contributed by atoms with E-state index in [4.69, 9.17) is 4.74 Å².